The largest absolute Gasteiger partial charge is 0.303 e. The maximum absolute atomic E-state index is 11.8. The van der Waals surface area contributed by atoms with Crippen molar-refractivity contribution in [2.75, 3.05) is 29.5 Å². The summed E-state index contributed by atoms with van der Waals surface area (Å²) < 4.78 is 20.1. The van der Waals surface area contributed by atoms with Crippen molar-refractivity contribution in [3.05, 3.63) is 0 Å². The van der Waals surface area contributed by atoms with Crippen LogP contribution in [0.15, 0.2) is 0 Å². The summed E-state index contributed by atoms with van der Waals surface area (Å²) in [4.78, 5) is 0. The highest BCUT2D eigenvalue weighted by Gasteiger charge is 2.34. The first-order valence-electron chi connectivity index (χ1n) is 3.45. The van der Waals surface area contributed by atoms with E-state index in [1.54, 1.807) is 0 Å². The maximum Gasteiger partial charge on any atom is 0.148 e. The molecule has 1 N–H and O–H groups in total. The van der Waals surface area contributed by atoms with Gasteiger partial charge in [0.25, 0.3) is 0 Å². The third kappa shape index (κ3) is 6.37. The van der Waals surface area contributed by atoms with Crippen molar-refractivity contribution in [2.24, 2.45) is 0 Å². The van der Waals surface area contributed by atoms with E-state index in [1.807, 2.05) is 0 Å². The lowest BCUT2D eigenvalue weighted by atomic mass is 10.5. The number of hydrogen-bond acceptors (Lipinski definition) is 1. The van der Waals surface area contributed by atoms with Gasteiger partial charge in [0.2, 0.25) is 0 Å². The molecule has 0 amide bonds. The first kappa shape index (κ1) is 14.3. The average Bonchev–Trinajstić information content (AvgIpc) is 1.83. The molecule has 0 aromatic heterocycles. The Bertz CT molecular complexity index is 235. The number of hydrogen-bond donors (Lipinski definition) is 1. The van der Waals surface area contributed by atoms with Crippen LogP contribution in [0, 0.1) is 0 Å². The summed E-state index contributed by atoms with van der Waals surface area (Å²) in [5.41, 5.74) is 0. The Labute approximate surface area is 98.1 Å². The molecule has 0 bridgehead atoms. The molecule has 0 radical (unpaired) electrons. The lowest BCUT2D eigenvalue weighted by molar-refractivity contribution is 0.518. The molecule has 13 heavy (non-hydrogen) atoms. The molecule has 0 aliphatic heterocycles. The van der Waals surface area contributed by atoms with Gasteiger partial charge < -0.3 is 4.55 Å². The van der Waals surface area contributed by atoms with E-state index >= 15 is 0 Å². The first-order chi connectivity index (χ1) is 5.60. The molecule has 0 heterocycles. The van der Waals surface area contributed by atoms with Crippen molar-refractivity contribution in [3.8, 4) is 0 Å². The minimum atomic E-state index is -3.81. The van der Waals surface area contributed by atoms with Crippen molar-refractivity contribution < 1.29 is 8.76 Å². The number of alkyl halides is 4. The zero-order chi connectivity index (χ0) is 10.8. The van der Waals surface area contributed by atoms with Gasteiger partial charge in [-0.3, -0.25) is 0 Å². The third-order valence-corrected chi connectivity index (χ3v) is 5.85. The van der Waals surface area contributed by atoms with Crippen molar-refractivity contribution in [1.29, 1.82) is 0 Å². The summed E-state index contributed by atoms with van der Waals surface area (Å²) in [7, 11) is -3.81. The molecule has 0 aliphatic carbocycles. The molecule has 0 fully saturated rings. The lowest BCUT2D eigenvalue weighted by Gasteiger charge is -2.41. The Hall–Kier alpha value is 1.27. The highest BCUT2D eigenvalue weighted by atomic mass is 35.5. The van der Waals surface area contributed by atoms with Crippen LogP contribution in [0.5, 0.6) is 0 Å². The molecule has 0 aliphatic rings. The normalized spacial score (nSPS) is 16.6. The van der Waals surface area contributed by atoms with E-state index in [-0.39, 0.29) is 23.3 Å². The second kappa shape index (κ2) is 4.42. The Morgan fingerprint density at radius 3 is 2.15 bits per heavy atom. The molecular formula is C6H12Cl4O2S. The Morgan fingerprint density at radius 2 is 1.85 bits per heavy atom. The van der Waals surface area contributed by atoms with Crippen LogP contribution < -0.4 is 0 Å². The van der Waals surface area contributed by atoms with Gasteiger partial charge in [-0.15, -0.1) is 23.2 Å². The molecule has 0 aromatic rings. The quantitative estimate of drug-likeness (QED) is 0.790. The molecule has 0 saturated carbocycles. The fraction of sp³-hybridized carbons (Fsp3) is 1.00. The Balaban J connectivity index is 4.58. The van der Waals surface area contributed by atoms with Crippen LogP contribution >= 0.6 is 46.4 Å². The van der Waals surface area contributed by atoms with Gasteiger partial charge in [0.15, 0.2) is 0 Å². The van der Waals surface area contributed by atoms with Crippen LogP contribution in [0.3, 0.4) is 0 Å². The van der Waals surface area contributed by atoms with E-state index in [0.29, 0.717) is 0 Å². The molecule has 0 unspecified atom stereocenters. The van der Waals surface area contributed by atoms with Crippen molar-refractivity contribution >= 4 is 55.8 Å². The van der Waals surface area contributed by atoms with Gasteiger partial charge in [-0.1, -0.05) is 23.2 Å². The minimum absolute atomic E-state index is 0.0309. The predicted molar refractivity (Wildman–Crippen MR) is 62.3 cm³/mol. The highest BCUT2D eigenvalue weighted by Crippen LogP contribution is 2.32. The SMILES string of the molecule is CS(=O)(O)(CCCl)CC(Cl)(Cl)CCl. The van der Waals surface area contributed by atoms with Crippen LogP contribution in [0.2, 0.25) is 0 Å². The lowest BCUT2D eigenvalue weighted by Crippen LogP contribution is -2.46. The second-order valence-electron chi connectivity index (χ2n) is 3.23. The van der Waals surface area contributed by atoms with E-state index in [1.165, 1.54) is 6.26 Å². The van der Waals surface area contributed by atoms with Gasteiger partial charge in [0.1, 0.15) is 4.33 Å². The molecule has 7 heteroatoms. The average molecular weight is 290 g/mol. The van der Waals surface area contributed by atoms with Crippen molar-refractivity contribution in [1.82, 2.24) is 0 Å². The molecule has 0 atom stereocenters. The number of rotatable bonds is 5. The molecule has 2 nitrogen and oxygen atoms in total. The van der Waals surface area contributed by atoms with E-state index in [2.05, 4.69) is 0 Å². The molecule has 0 aromatic carbocycles. The topological polar surface area (TPSA) is 37.3 Å². The molecular weight excluding hydrogens is 278 g/mol. The molecule has 0 rings (SSSR count). The maximum atomic E-state index is 11.8. The van der Waals surface area contributed by atoms with Gasteiger partial charge in [0.05, 0.1) is 11.6 Å². The van der Waals surface area contributed by atoms with E-state index in [9.17, 15) is 8.76 Å². The minimum Gasteiger partial charge on any atom is -0.303 e. The van der Waals surface area contributed by atoms with Gasteiger partial charge in [0, 0.05) is 17.9 Å². The van der Waals surface area contributed by atoms with Crippen LogP contribution in [-0.2, 0) is 9.35 Å². The summed E-state index contributed by atoms with van der Waals surface area (Å²) in [6.45, 7) is 0. The zero-order valence-electron chi connectivity index (χ0n) is 7.10. The summed E-state index contributed by atoms with van der Waals surface area (Å²) in [6, 6.07) is 0. The first-order valence-corrected chi connectivity index (χ1v) is 7.95. The fourth-order valence-electron chi connectivity index (χ4n) is 0.850. The molecule has 0 saturated heterocycles. The summed E-state index contributed by atoms with van der Waals surface area (Å²) >= 11 is 22.2. The number of halogens is 4. The molecule has 82 valence electrons. The van der Waals surface area contributed by atoms with Gasteiger partial charge in [-0.05, 0) is 0 Å². The third-order valence-electron chi connectivity index (χ3n) is 1.38. The zero-order valence-corrected chi connectivity index (χ0v) is 10.9. The second-order valence-corrected chi connectivity index (χ2v) is 9.61. The van der Waals surface area contributed by atoms with Gasteiger partial charge >= 0.3 is 0 Å². The van der Waals surface area contributed by atoms with E-state index < -0.39 is 13.7 Å². The standard InChI is InChI=1S/C6H12Cl4O2S/c1-13(11,12,3-2-7)5-6(9,10)4-8/h2-5H2,1H3,(H,11,12). The summed E-state index contributed by atoms with van der Waals surface area (Å²) in [5.74, 6) is -0.299. The Kier molecular flexibility index (Phi) is 4.85. The van der Waals surface area contributed by atoms with E-state index in [4.69, 9.17) is 46.4 Å². The fourth-order valence-corrected chi connectivity index (χ4v) is 5.64. The predicted octanol–water partition coefficient (Wildman–Crippen LogP) is 2.56. The van der Waals surface area contributed by atoms with Crippen LogP contribution in [-0.4, -0.2) is 42.6 Å². The van der Waals surface area contributed by atoms with Crippen LogP contribution in [0.1, 0.15) is 0 Å². The van der Waals surface area contributed by atoms with Crippen LogP contribution in [0.4, 0.5) is 0 Å². The van der Waals surface area contributed by atoms with Crippen LogP contribution in [0.25, 0.3) is 0 Å². The summed E-state index contributed by atoms with van der Waals surface area (Å²) in [6.07, 6.45) is 1.21. The van der Waals surface area contributed by atoms with Crippen molar-refractivity contribution in [2.45, 2.75) is 4.33 Å². The van der Waals surface area contributed by atoms with E-state index in [0.717, 1.165) is 0 Å². The highest BCUT2D eigenvalue weighted by molar-refractivity contribution is 8.14. The van der Waals surface area contributed by atoms with Crippen molar-refractivity contribution in [3.63, 3.8) is 0 Å². The monoisotopic (exact) mass is 288 g/mol. The van der Waals surface area contributed by atoms with Gasteiger partial charge in [-0.2, -0.15) is 9.35 Å². The van der Waals surface area contributed by atoms with Gasteiger partial charge in [-0.25, -0.2) is 4.21 Å². The Morgan fingerprint density at radius 1 is 1.38 bits per heavy atom. The summed E-state index contributed by atoms with van der Waals surface area (Å²) in [5, 5.41) is 0. The molecule has 0 spiro atoms. The smallest absolute Gasteiger partial charge is 0.148 e.